The number of pyridine rings is 4. The molecule has 7 aliphatic carbocycles. The SMILES string of the molecule is CC(C)(C)[Si](C)(C)C.CC1CCC(N)CC1.CC1CCC(N)CC1.COC(=O)c1cccn(C2CCC(C)CC2)c1=O.COC(=O)c1cccn(C2CCC(O)CC2)c1=O.COC(=O)c1cccn(C2CCC(OC)CC2)c1=O.COC(=O)c1cccoc1=O.COC1CCC(n2cccc(C(=O)O)c2=O)CC1.NC1CCC(O)CC1. The van der Waals surface area contributed by atoms with Gasteiger partial charge in [0.2, 0.25) is 0 Å². The third kappa shape index (κ3) is 33.8. The summed E-state index contributed by atoms with van der Waals surface area (Å²) in [6, 6.07) is 17.3. The second-order valence-electron chi connectivity index (χ2n) is 33.9. The first-order valence-electron chi connectivity index (χ1n) is 41.6. The highest BCUT2D eigenvalue weighted by molar-refractivity contribution is 6.78. The van der Waals surface area contributed by atoms with Gasteiger partial charge in [0.1, 0.15) is 27.8 Å². The Hall–Kier alpha value is -7.96. The zero-order chi connectivity index (χ0) is 86.4. The highest BCUT2D eigenvalue weighted by atomic mass is 28.3. The monoisotopic (exact) mass is 1640 g/mol. The molecule has 0 bridgehead atoms. The number of carbonyl (C=O) groups excluding carboxylic acids is 4. The van der Waals surface area contributed by atoms with E-state index in [1.165, 1.54) is 122 Å². The lowest BCUT2D eigenvalue weighted by atomic mass is 9.87. The Morgan fingerprint density at radius 3 is 0.862 bits per heavy atom. The van der Waals surface area contributed by atoms with Gasteiger partial charge >= 0.3 is 35.5 Å². The molecule has 0 amide bonds. The molecule has 0 atom stereocenters. The van der Waals surface area contributed by atoms with Crippen molar-refractivity contribution in [3.05, 3.63) is 171 Å². The van der Waals surface area contributed by atoms with Gasteiger partial charge in [-0.3, -0.25) is 19.2 Å². The molecule has 116 heavy (non-hydrogen) atoms. The average Bonchev–Trinajstić information content (AvgIpc) is 0.743. The van der Waals surface area contributed by atoms with Crippen molar-refractivity contribution >= 4 is 37.9 Å². The molecule has 9 N–H and O–H groups in total. The predicted molar refractivity (Wildman–Crippen MR) is 454 cm³/mol. The number of hydrogen-bond donors (Lipinski definition) is 6. The number of carboxylic acid groups (broad SMARTS) is 1. The average molecular weight is 1640 g/mol. The van der Waals surface area contributed by atoms with Crippen LogP contribution in [0, 0.1) is 17.8 Å². The molecule has 28 heteroatoms. The van der Waals surface area contributed by atoms with E-state index in [1.807, 2.05) is 0 Å². The fourth-order valence-electron chi connectivity index (χ4n) is 14.4. The standard InChI is InChI=1S/C14H19NO4.C14H19NO3.2C13H17NO4.2C7H15N.C7H6O4.C7H18Si.C6H13NO/c1-18-11-7-5-10(6-8-11)15-9-3-4-12(13(15)16)14(17)19-2;1-10-5-7-11(8-6-10)15-9-3-4-12(13(15)16)14(17)18-2;1-18-10-6-4-9(5-7-10)14-8-2-3-11(12(14)15)13(16)17;1-18-13(17)11-3-2-8-14(12(11)16)9-4-6-10(15)7-5-9;2*1-6-2-4-7(8)5-3-6;1-10-6(8)5-3-2-4-11-7(5)9;1-7(2,3)8(4,5)6;7-5-1-3-6(8)4-2-5/h3-4,9-11H,5-8H2,1-2H3;3-4,9-11H,5-8H2,1-2H3;2-3,8-10H,4-7H2,1H3,(H,16,17);2-3,8-10,15H,4-7H2,1H3;2*6-7H,2-5,8H2,1H3;2-4H,1H3;1-6H3;5-6,8H,1-4,7H2. The van der Waals surface area contributed by atoms with Gasteiger partial charge in [0.15, 0.2) is 0 Å². The molecule has 0 unspecified atom stereocenters. The normalized spacial score (nSPS) is 24.9. The van der Waals surface area contributed by atoms with E-state index in [0.29, 0.717) is 36.0 Å². The molecule has 0 radical (unpaired) electrons. The van der Waals surface area contributed by atoms with Gasteiger partial charge in [-0.15, -0.1) is 0 Å². The summed E-state index contributed by atoms with van der Waals surface area (Å²) in [5.74, 6) is -0.974. The van der Waals surface area contributed by atoms with Crippen molar-refractivity contribution in [2.24, 2.45) is 35.0 Å². The molecule has 0 aromatic carbocycles. The van der Waals surface area contributed by atoms with Gasteiger partial charge in [-0.1, -0.05) is 61.2 Å². The molecule has 5 aromatic heterocycles. The number of aromatic nitrogens is 4. The lowest BCUT2D eigenvalue weighted by molar-refractivity contribution is 0.0565. The Kier molecular flexibility index (Phi) is 44.5. The van der Waals surface area contributed by atoms with Crippen LogP contribution in [0.2, 0.25) is 24.7 Å². The number of aliphatic hydroxyl groups excluding tert-OH is 2. The molecule has 7 saturated carbocycles. The van der Waals surface area contributed by atoms with Crippen LogP contribution >= 0.6 is 0 Å². The second kappa shape index (κ2) is 51.4. The van der Waals surface area contributed by atoms with Crippen LogP contribution in [0.4, 0.5) is 0 Å². The highest BCUT2D eigenvalue weighted by Gasteiger charge is 2.31. The summed E-state index contributed by atoms with van der Waals surface area (Å²) >= 11 is 0. The summed E-state index contributed by atoms with van der Waals surface area (Å²) in [6.45, 7) is 21.1. The van der Waals surface area contributed by atoms with Gasteiger partial charge in [-0.2, -0.15) is 0 Å². The zero-order valence-corrected chi connectivity index (χ0v) is 72.8. The first kappa shape index (κ1) is 100. The topological polar surface area (TPSA) is 398 Å². The van der Waals surface area contributed by atoms with Gasteiger partial charge in [-0.25, -0.2) is 28.8 Å². The van der Waals surface area contributed by atoms with E-state index in [2.05, 4.69) is 84.5 Å². The molecule has 12 rings (SSSR count). The third-order valence-electron chi connectivity index (χ3n) is 23.8. The summed E-state index contributed by atoms with van der Waals surface area (Å²) in [5.41, 5.74) is 15.1. The highest BCUT2D eigenvalue weighted by Crippen LogP contribution is 2.36. The maximum atomic E-state index is 12.3. The van der Waals surface area contributed by atoms with Gasteiger partial charge in [0, 0.05) is 89.4 Å². The largest absolute Gasteiger partial charge is 0.477 e. The van der Waals surface area contributed by atoms with Crippen molar-refractivity contribution in [2.75, 3.05) is 42.7 Å². The van der Waals surface area contributed by atoms with E-state index < -0.39 is 49.1 Å². The number of carboxylic acids is 1. The number of rotatable bonds is 11. The van der Waals surface area contributed by atoms with Crippen molar-refractivity contribution in [1.29, 1.82) is 0 Å². The van der Waals surface area contributed by atoms with Crippen LogP contribution in [0.3, 0.4) is 0 Å². The number of methoxy groups -OCH3 is 6. The van der Waals surface area contributed by atoms with Crippen LogP contribution in [-0.4, -0.2) is 157 Å². The number of aliphatic hydroxyl groups is 2. The molecule has 650 valence electrons. The predicted octanol–water partition coefficient (Wildman–Crippen LogP) is 13.8. The number of hydrogen-bond acceptors (Lipinski definition) is 22. The third-order valence-corrected chi connectivity index (χ3v) is 28.3. The van der Waals surface area contributed by atoms with Crippen molar-refractivity contribution in [3.63, 3.8) is 0 Å². The van der Waals surface area contributed by atoms with Gasteiger partial charge in [-0.05, 0) is 263 Å². The van der Waals surface area contributed by atoms with Crippen LogP contribution in [0.25, 0.3) is 0 Å². The van der Waals surface area contributed by atoms with E-state index in [-0.39, 0.29) is 93.1 Å². The Morgan fingerprint density at radius 1 is 0.379 bits per heavy atom. The van der Waals surface area contributed by atoms with Crippen LogP contribution in [0.15, 0.2) is 120 Å². The quantitative estimate of drug-likeness (QED) is 0.0406. The summed E-state index contributed by atoms with van der Waals surface area (Å²) < 4.78 is 39.7. The van der Waals surface area contributed by atoms with Crippen molar-refractivity contribution in [2.45, 2.75) is 313 Å². The van der Waals surface area contributed by atoms with Crippen LogP contribution in [0.1, 0.15) is 297 Å². The summed E-state index contributed by atoms with van der Waals surface area (Å²) in [5, 5.41) is 27.9. The summed E-state index contributed by atoms with van der Waals surface area (Å²) in [6.07, 6.45) is 36.9. The summed E-state index contributed by atoms with van der Waals surface area (Å²) in [7, 11) is 7.59. The maximum absolute atomic E-state index is 12.3. The Bertz CT molecular complexity index is 3870. The van der Waals surface area contributed by atoms with Crippen LogP contribution < -0.4 is 45.1 Å². The number of nitrogens with two attached hydrogens (primary N) is 3. The first-order chi connectivity index (χ1) is 54.9. The number of carbonyl (C=O) groups is 5. The number of ether oxygens (including phenoxy) is 6. The van der Waals surface area contributed by atoms with E-state index in [9.17, 15) is 53.1 Å². The molecular formula is C88H139N7O20Si. The molecule has 0 spiro atoms. The maximum Gasteiger partial charge on any atom is 0.350 e. The molecule has 5 heterocycles. The van der Waals surface area contributed by atoms with Gasteiger partial charge in [0.25, 0.3) is 22.2 Å². The minimum atomic E-state index is -1.17. The minimum absolute atomic E-state index is 0.0604. The molecule has 27 nitrogen and oxygen atoms in total. The van der Waals surface area contributed by atoms with Crippen molar-refractivity contribution < 1.29 is 72.1 Å². The number of aromatic carboxylic acids is 1. The second-order valence-corrected chi connectivity index (χ2v) is 39.9. The van der Waals surface area contributed by atoms with E-state index >= 15 is 0 Å². The Labute approximate surface area is 686 Å². The van der Waals surface area contributed by atoms with Crippen LogP contribution in [0.5, 0.6) is 0 Å². The van der Waals surface area contributed by atoms with Crippen molar-refractivity contribution in [3.8, 4) is 0 Å². The minimum Gasteiger partial charge on any atom is -0.477 e. The molecule has 0 aliphatic heterocycles. The fraction of sp³-hybridized carbons (Fsp3) is 0.659. The van der Waals surface area contributed by atoms with E-state index in [4.69, 9.17) is 36.9 Å². The number of nitrogens with zero attached hydrogens (tertiary/aromatic N) is 4. The molecule has 7 aliphatic rings. The molecular weight excluding hydrogens is 1500 g/mol. The molecule has 5 aromatic rings. The lowest BCUT2D eigenvalue weighted by Gasteiger charge is -2.32. The summed E-state index contributed by atoms with van der Waals surface area (Å²) in [4.78, 5) is 115. The number of esters is 4. The molecule has 0 saturated heterocycles. The zero-order valence-electron chi connectivity index (χ0n) is 71.8. The van der Waals surface area contributed by atoms with Crippen molar-refractivity contribution in [1.82, 2.24) is 18.3 Å². The van der Waals surface area contributed by atoms with E-state index in [0.717, 1.165) is 133 Å². The van der Waals surface area contributed by atoms with Crippen LogP contribution in [-0.2, 0) is 28.4 Å². The Morgan fingerprint density at radius 2 is 0.612 bits per heavy atom. The smallest absolute Gasteiger partial charge is 0.350 e. The lowest BCUT2D eigenvalue weighted by Crippen LogP contribution is -2.32. The van der Waals surface area contributed by atoms with Gasteiger partial charge in [0.05, 0.1) is 59.1 Å². The van der Waals surface area contributed by atoms with E-state index in [1.54, 1.807) is 81.5 Å². The van der Waals surface area contributed by atoms with Gasteiger partial charge < -0.3 is 83.6 Å². The fourth-order valence-corrected chi connectivity index (χ4v) is 14.4. The first-order valence-corrected chi connectivity index (χ1v) is 45.1. The molecule has 7 fully saturated rings. The Balaban J connectivity index is 0.000000281.